The van der Waals surface area contributed by atoms with Crippen molar-refractivity contribution in [1.29, 1.82) is 0 Å². The van der Waals surface area contributed by atoms with Crippen LogP contribution in [-0.4, -0.2) is 10.9 Å². The summed E-state index contributed by atoms with van der Waals surface area (Å²) in [7, 11) is 0. The van der Waals surface area contributed by atoms with Crippen LogP contribution in [0.3, 0.4) is 0 Å². The van der Waals surface area contributed by atoms with Gasteiger partial charge in [-0.25, -0.2) is 4.98 Å². The molecule has 0 spiro atoms. The van der Waals surface area contributed by atoms with Gasteiger partial charge < -0.3 is 11.1 Å². The first-order valence-electron chi connectivity index (χ1n) is 5.47. The molecule has 0 atom stereocenters. The Balaban J connectivity index is 2.31. The Hall–Kier alpha value is -1.78. The normalized spacial score (nSPS) is 10.3. The molecule has 0 unspecified atom stereocenters. The van der Waals surface area contributed by atoms with Crippen molar-refractivity contribution in [3.8, 4) is 0 Å². The van der Waals surface area contributed by atoms with Crippen LogP contribution in [0, 0.1) is 6.92 Å². The molecule has 1 amide bonds. The predicted octanol–water partition coefficient (Wildman–Crippen LogP) is 3.53. The molecule has 0 bridgehead atoms. The fourth-order valence-corrected chi connectivity index (χ4v) is 1.91. The maximum absolute atomic E-state index is 12.1. The number of aromatic nitrogens is 1. The number of anilines is 2. The summed E-state index contributed by atoms with van der Waals surface area (Å²) in [6.45, 7) is 1.81. The van der Waals surface area contributed by atoms with Gasteiger partial charge >= 0.3 is 0 Å². The summed E-state index contributed by atoms with van der Waals surface area (Å²) in [5.74, 6) is -0.194. The fraction of sp³-hybridized carbons (Fsp3) is 0.0769. The SMILES string of the molecule is Cc1c(Cl)cccc1NC(=O)c1nc(N)ccc1Cl. The summed E-state index contributed by atoms with van der Waals surface area (Å²) < 4.78 is 0. The Kier molecular flexibility index (Phi) is 3.93. The molecule has 1 aromatic carbocycles. The number of hydrogen-bond donors (Lipinski definition) is 2. The van der Waals surface area contributed by atoms with E-state index in [1.165, 1.54) is 12.1 Å². The van der Waals surface area contributed by atoms with Crippen molar-refractivity contribution in [3.05, 3.63) is 51.6 Å². The molecular weight excluding hydrogens is 285 g/mol. The Morgan fingerprint density at radius 3 is 2.68 bits per heavy atom. The van der Waals surface area contributed by atoms with Gasteiger partial charge in [0.05, 0.1) is 5.02 Å². The van der Waals surface area contributed by atoms with Gasteiger partial charge in [-0.15, -0.1) is 0 Å². The largest absolute Gasteiger partial charge is 0.384 e. The predicted molar refractivity (Wildman–Crippen MR) is 77.8 cm³/mol. The van der Waals surface area contributed by atoms with Crippen molar-refractivity contribution >= 4 is 40.6 Å². The fourth-order valence-electron chi connectivity index (χ4n) is 1.54. The second-order valence-corrected chi connectivity index (χ2v) is 4.75. The molecule has 2 aromatic rings. The number of halogens is 2. The zero-order chi connectivity index (χ0) is 14.0. The third-order valence-corrected chi connectivity index (χ3v) is 3.31. The molecule has 0 aliphatic heterocycles. The van der Waals surface area contributed by atoms with Crippen LogP contribution in [0.25, 0.3) is 0 Å². The molecule has 0 aliphatic rings. The molecular formula is C13H11Cl2N3O. The molecule has 98 valence electrons. The van der Waals surface area contributed by atoms with Gasteiger partial charge in [-0.05, 0) is 36.8 Å². The molecule has 0 saturated carbocycles. The Morgan fingerprint density at radius 1 is 1.21 bits per heavy atom. The van der Waals surface area contributed by atoms with Gasteiger partial charge in [0.1, 0.15) is 11.5 Å². The van der Waals surface area contributed by atoms with Crippen LogP contribution in [0.2, 0.25) is 10.0 Å². The van der Waals surface area contributed by atoms with Crippen LogP contribution in [0.5, 0.6) is 0 Å². The minimum atomic E-state index is -0.428. The summed E-state index contributed by atoms with van der Waals surface area (Å²) in [5, 5.41) is 3.53. The van der Waals surface area contributed by atoms with Crippen molar-refractivity contribution in [3.63, 3.8) is 0 Å². The molecule has 3 N–H and O–H groups in total. The number of nitrogen functional groups attached to an aromatic ring is 1. The van der Waals surface area contributed by atoms with Crippen molar-refractivity contribution in [2.45, 2.75) is 6.92 Å². The molecule has 2 rings (SSSR count). The van der Waals surface area contributed by atoms with Crippen molar-refractivity contribution in [1.82, 2.24) is 4.98 Å². The highest BCUT2D eigenvalue weighted by Gasteiger charge is 2.14. The molecule has 0 radical (unpaired) electrons. The Labute approximate surface area is 120 Å². The highest BCUT2D eigenvalue weighted by Crippen LogP contribution is 2.24. The van der Waals surface area contributed by atoms with Gasteiger partial charge in [-0.1, -0.05) is 29.3 Å². The van der Waals surface area contributed by atoms with E-state index < -0.39 is 5.91 Å². The number of amides is 1. The number of benzene rings is 1. The number of carbonyl (C=O) groups excluding carboxylic acids is 1. The van der Waals surface area contributed by atoms with Gasteiger partial charge in [-0.3, -0.25) is 4.79 Å². The van der Waals surface area contributed by atoms with E-state index >= 15 is 0 Å². The third-order valence-electron chi connectivity index (χ3n) is 2.60. The second kappa shape index (κ2) is 5.47. The second-order valence-electron chi connectivity index (χ2n) is 3.93. The van der Waals surface area contributed by atoms with Crippen LogP contribution in [0.1, 0.15) is 16.1 Å². The number of carbonyl (C=O) groups is 1. The quantitative estimate of drug-likeness (QED) is 0.890. The van der Waals surface area contributed by atoms with Gasteiger partial charge in [-0.2, -0.15) is 0 Å². The number of nitrogens with two attached hydrogens (primary N) is 1. The molecule has 0 saturated heterocycles. The molecule has 19 heavy (non-hydrogen) atoms. The minimum absolute atomic E-state index is 0.0843. The lowest BCUT2D eigenvalue weighted by Crippen LogP contribution is -2.15. The summed E-state index contributed by atoms with van der Waals surface area (Å²) in [6.07, 6.45) is 0. The van der Waals surface area contributed by atoms with Crippen LogP contribution < -0.4 is 11.1 Å². The number of nitrogens with one attached hydrogen (secondary N) is 1. The molecule has 1 heterocycles. The van der Waals surface area contributed by atoms with Gasteiger partial charge in [0.25, 0.3) is 5.91 Å². The van der Waals surface area contributed by atoms with Gasteiger partial charge in [0, 0.05) is 10.7 Å². The molecule has 4 nitrogen and oxygen atoms in total. The topological polar surface area (TPSA) is 68.0 Å². The number of rotatable bonds is 2. The lowest BCUT2D eigenvalue weighted by Gasteiger charge is -2.10. The number of pyridine rings is 1. The highest BCUT2D eigenvalue weighted by molar-refractivity contribution is 6.34. The summed E-state index contributed by atoms with van der Waals surface area (Å²) in [6, 6.07) is 8.31. The standard InChI is InChI=1S/C13H11Cl2N3O/c1-7-8(14)3-2-4-10(7)17-13(19)12-9(15)5-6-11(16)18-12/h2-6H,1H3,(H2,16,18)(H,17,19). The van der Waals surface area contributed by atoms with E-state index in [1.807, 2.05) is 6.92 Å². The van der Waals surface area contributed by atoms with Crippen molar-refractivity contribution in [2.24, 2.45) is 0 Å². The minimum Gasteiger partial charge on any atom is -0.384 e. The van der Waals surface area contributed by atoms with Gasteiger partial charge in [0.15, 0.2) is 0 Å². The molecule has 0 fully saturated rings. The van der Waals surface area contributed by atoms with Crippen LogP contribution in [0.15, 0.2) is 30.3 Å². The lowest BCUT2D eigenvalue weighted by molar-refractivity contribution is 0.102. The van der Waals surface area contributed by atoms with Crippen molar-refractivity contribution in [2.75, 3.05) is 11.1 Å². The van der Waals surface area contributed by atoms with Crippen LogP contribution in [0.4, 0.5) is 11.5 Å². The zero-order valence-electron chi connectivity index (χ0n) is 10.1. The van der Waals surface area contributed by atoms with E-state index in [-0.39, 0.29) is 16.5 Å². The first kappa shape index (κ1) is 13.6. The highest BCUT2D eigenvalue weighted by atomic mass is 35.5. The summed E-state index contributed by atoms with van der Waals surface area (Å²) in [5.41, 5.74) is 7.01. The molecule has 1 aromatic heterocycles. The van der Waals surface area contributed by atoms with E-state index in [4.69, 9.17) is 28.9 Å². The Morgan fingerprint density at radius 2 is 1.95 bits per heavy atom. The van der Waals surface area contributed by atoms with E-state index in [2.05, 4.69) is 10.3 Å². The summed E-state index contributed by atoms with van der Waals surface area (Å²) >= 11 is 11.9. The monoisotopic (exact) mass is 295 g/mol. The maximum Gasteiger partial charge on any atom is 0.275 e. The third kappa shape index (κ3) is 2.97. The number of hydrogen-bond acceptors (Lipinski definition) is 3. The first-order valence-corrected chi connectivity index (χ1v) is 6.23. The van der Waals surface area contributed by atoms with Crippen LogP contribution in [-0.2, 0) is 0 Å². The lowest BCUT2D eigenvalue weighted by atomic mass is 10.2. The number of nitrogens with zero attached hydrogens (tertiary/aromatic N) is 1. The zero-order valence-corrected chi connectivity index (χ0v) is 11.6. The van der Waals surface area contributed by atoms with E-state index in [0.29, 0.717) is 10.7 Å². The van der Waals surface area contributed by atoms with E-state index in [9.17, 15) is 4.79 Å². The van der Waals surface area contributed by atoms with E-state index in [1.54, 1.807) is 18.2 Å². The van der Waals surface area contributed by atoms with Crippen molar-refractivity contribution < 1.29 is 4.79 Å². The average molecular weight is 296 g/mol. The summed E-state index contributed by atoms with van der Waals surface area (Å²) in [4.78, 5) is 16.0. The maximum atomic E-state index is 12.1. The first-order chi connectivity index (χ1) is 8.99. The average Bonchev–Trinajstić information content (AvgIpc) is 2.38. The molecule has 6 heteroatoms. The smallest absolute Gasteiger partial charge is 0.275 e. The molecule has 0 aliphatic carbocycles. The Bertz CT molecular complexity index is 644. The van der Waals surface area contributed by atoms with Crippen LogP contribution >= 0.6 is 23.2 Å². The van der Waals surface area contributed by atoms with E-state index in [0.717, 1.165) is 5.56 Å². The van der Waals surface area contributed by atoms with Gasteiger partial charge in [0.2, 0.25) is 0 Å².